The van der Waals surface area contributed by atoms with Gasteiger partial charge in [-0.1, -0.05) is 35.9 Å². The Morgan fingerprint density at radius 3 is 2.62 bits per heavy atom. The van der Waals surface area contributed by atoms with Gasteiger partial charge in [-0.2, -0.15) is 0 Å². The highest BCUT2D eigenvalue weighted by molar-refractivity contribution is 6.33. The van der Waals surface area contributed by atoms with Crippen molar-refractivity contribution in [2.45, 2.75) is 6.92 Å². The molecule has 0 bridgehead atoms. The molecular formula is C18H14ClN3O4. The van der Waals surface area contributed by atoms with Crippen molar-refractivity contribution in [3.63, 3.8) is 0 Å². The first-order valence-electron chi connectivity index (χ1n) is 7.76. The molecule has 0 saturated carbocycles. The molecule has 1 amide bonds. The highest BCUT2D eigenvalue weighted by atomic mass is 35.5. The van der Waals surface area contributed by atoms with E-state index in [2.05, 4.69) is 15.5 Å². The third kappa shape index (κ3) is 3.73. The quantitative estimate of drug-likeness (QED) is 0.685. The summed E-state index contributed by atoms with van der Waals surface area (Å²) in [4.78, 5) is 24.4. The molecule has 1 aromatic heterocycles. The Kier molecular flexibility index (Phi) is 5.28. The lowest BCUT2D eigenvalue weighted by Crippen LogP contribution is -2.16. The summed E-state index contributed by atoms with van der Waals surface area (Å²) in [5, 5.41) is 10.6. The Labute approximate surface area is 153 Å². The van der Waals surface area contributed by atoms with Gasteiger partial charge in [0.25, 0.3) is 0 Å². The van der Waals surface area contributed by atoms with Crippen LogP contribution in [0.1, 0.15) is 28.0 Å². The van der Waals surface area contributed by atoms with E-state index in [0.717, 1.165) is 0 Å². The highest BCUT2D eigenvalue weighted by Crippen LogP contribution is 2.26. The lowest BCUT2D eigenvalue weighted by molar-refractivity contribution is 0.0527. The summed E-state index contributed by atoms with van der Waals surface area (Å²) in [7, 11) is 0. The molecule has 0 fully saturated rings. The number of esters is 1. The smallest absolute Gasteiger partial charge is 0.340 e. The fourth-order valence-corrected chi connectivity index (χ4v) is 2.43. The van der Waals surface area contributed by atoms with Crippen molar-refractivity contribution in [3.8, 4) is 11.5 Å². The molecule has 0 atom stereocenters. The Balaban J connectivity index is 1.82. The second-order valence-electron chi connectivity index (χ2n) is 5.11. The van der Waals surface area contributed by atoms with Crippen LogP contribution in [0.15, 0.2) is 52.9 Å². The molecule has 1 N–H and O–H groups in total. The number of benzene rings is 2. The van der Waals surface area contributed by atoms with Crippen molar-refractivity contribution >= 4 is 29.2 Å². The highest BCUT2D eigenvalue weighted by Gasteiger charge is 2.20. The van der Waals surface area contributed by atoms with E-state index in [4.69, 9.17) is 20.8 Å². The number of ether oxygens (including phenoxy) is 1. The first-order valence-corrected chi connectivity index (χ1v) is 8.14. The van der Waals surface area contributed by atoms with Gasteiger partial charge in [0.15, 0.2) is 0 Å². The number of hydrogen-bond donors (Lipinski definition) is 1. The third-order valence-corrected chi connectivity index (χ3v) is 3.72. The largest absolute Gasteiger partial charge is 0.462 e. The van der Waals surface area contributed by atoms with Crippen LogP contribution >= 0.6 is 11.6 Å². The fourth-order valence-electron chi connectivity index (χ4n) is 2.21. The second kappa shape index (κ2) is 7.79. The topological polar surface area (TPSA) is 94.3 Å². The lowest BCUT2D eigenvalue weighted by atomic mass is 10.2. The van der Waals surface area contributed by atoms with Gasteiger partial charge in [0.1, 0.15) is 0 Å². The average Bonchev–Trinajstić information content (AvgIpc) is 3.13. The van der Waals surface area contributed by atoms with Crippen LogP contribution in [0, 0.1) is 0 Å². The zero-order chi connectivity index (χ0) is 18.5. The van der Waals surface area contributed by atoms with E-state index in [1.165, 1.54) is 0 Å². The molecule has 132 valence electrons. The molecule has 0 saturated heterocycles. The summed E-state index contributed by atoms with van der Waals surface area (Å²) in [6.07, 6.45) is 0. The maximum Gasteiger partial charge on any atom is 0.340 e. The standard InChI is InChI=1S/C18H14ClN3O4/c1-2-25-18(24)12-8-4-6-10-14(12)20-15(23)17-22-21-16(26-17)11-7-3-5-9-13(11)19/h3-10H,2H2,1H3,(H,20,23). The summed E-state index contributed by atoms with van der Waals surface area (Å²) in [5.74, 6) is -1.31. The molecule has 3 rings (SSSR count). The van der Waals surface area contributed by atoms with E-state index in [0.29, 0.717) is 10.6 Å². The minimum absolute atomic E-state index is 0.124. The van der Waals surface area contributed by atoms with E-state index in [1.54, 1.807) is 55.5 Å². The number of halogens is 1. The molecule has 0 aliphatic rings. The SMILES string of the molecule is CCOC(=O)c1ccccc1NC(=O)c1nnc(-c2ccccc2Cl)o1. The van der Waals surface area contributed by atoms with Crippen LogP contribution in [-0.2, 0) is 4.74 Å². The number of aromatic nitrogens is 2. The molecule has 2 aromatic carbocycles. The Morgan fingerprint density at radius 2 is 1.85 bits per heavy atom. The number of anilines is 1. The van der Waals surface area contributed by atoms with Crippen LogP contribution in [-0.4, -0.2) is 28.7 Å². The molecule has 0 unspecified atom stereocenters. The van der Waals surface area contributed by atoms with Crippen molar-refractivity contribution in [2.75, 3.05) is 11.9 Å². The Hall–Kier alpha value is -3.19. The summed E-state index contributed by atoms with van der Waals surface area (Å²) in [6, 6.07) is 13.4. The number of nitrogens with one attached hydrogen (secondary N) is 1. The van der Waals surface area contributed by atoms with Crippen molar-refractivity contribution in [3.05, 3.63) is 65.0 Å². The van der Waals surface area contributed by atoms with Gasteiger partial charge in [0.2, 0.25) is 5.89 Å². The van der Waals surface area contributed by atoms with Gasteiger partial charge >= 0.3 is 17.8 Å². The van der Waals surface area contributed by atoms with E-state index in [9.17, 15) is 9.59 Å². The predicted octanol–water partition coefficient (Wildman–Crippen LogP) is 3.82. The molecule has 7 nitrogen and oxygen atoms in total. The van der Waals surface area contributed by atoms with Crippen LogP contribution in [0.3, 0.4) is 0 Å². The number of carbonyl (C=O) groups excluding carboxylic acids is 2. The molecule has 0 aliphatic heterocycles. The molecule has 3 aromatic rings. The lowest BCUT2D eigenvalue weighted by Gasteiger charge is -2.08. The van der Waals surface area contributed by atoms with Crippen LogP contribution in [0.25, 0.3) is 11.5 Å². The Morgan fingerprint density at radius 1 is 1.12 bits per heavy atom. The normalized spacial score (nSPS) is 10.4. The first-order chi connectivity index (χ1) is 12.6. The van der Waals surface area contributed by atoms with Gasteiger partial charge in [-0.15, -0.1) is 10.2 Å². The average molecular weight is 372 g/mol. The van der Waals surface area contributed by atoms with E-state index in [-0.39, 0.29) is 29.6 Å². The van der Waals surface area contributed by atoms with Crippen LogP contribution in [0.5, 0.6) is 0 Å². The molecule has 0 aliphatic carbocycles. The maximum absolute atomic E-state index is 12.4. The summed E-state index contributed by atoms with van der Waals surface area (Å²) < 4.78 is 10.4. The van der Waals surface area contributed by atoms with Gasteiger partial charge in [0, 0.05) is 0 Å². The van der Waals surface area contributed by atoms with Crippen LogP contribution in [0.2, 0.25) is 5.02 Å². The molecular weight excluding hydrogens is 358 g/mol. The molecule has 0 radical (unpaired) electrons. The predicted molar refractivity (Wildman–Crippen MR) is 95.1 cm³/mol. The summed E-state index contributed by atoms with van der Waals surface area (Å²) in [6.45, 7) is 1.93. The van der Waals surface area contributed by atoms with E-state index >= 15 is 0 Å². The number of rotatable bonds is 5. The minimum Gasteiger partial charge on any atom is -0.462 e. The van der Waals surface area contributed by atoms with Crippen molar-refractivity contribution in [2.24, 2.45) is 0 Å². The van der Waals surface area contributed by atoms with Crippen molar-refractivity contribution < 1.29 is 18.7 Å². The monoisotopic (exact) mass is 371 g/mol. The number of carbonyl (C=O) groups is 2. The minimum atomic E-state index is -0.646. The zero-order valence-electron chi connectivity index (χ0n) is 13.7. The second-order valence-corrected chi connectivity index (χ2v) is 5.52. The maximum atomic E-state index is 12.4. The van der Waals surface area contributed by atoms with E-state index in [1.807, 2.05) is 0 Å². The summed E-state index contributed by atoms with van der Waals surface area (Å²) >= 11 is 6.08. The van der Waals surface area contributed by atoms with Gasteiger partial charge < -0.3 is 14.5 Å². The fraction of sp³-hybridized carbons (Fsp3) is 0.111. The van der Waals surface area contributed by atoms with Gasteiger partial charge in [0.05, 0.1) is 28.4 Å². The van der Waals surface area contributed by atoms with Crippen LogP contribution in [0.4, 0.5) is 5.69 Å². The number of para-hydroxylation sites is 1. The summed E-state index contributed by atoms with van der Waals surface area (Å²) in [5.41, 5.74) is 1.04. The molecule has 26 heavy (non-hydrogen) atoms. The molecule has 8 heteroatoms. The number of hydrogen-bond acceptors (Lipinski definition) is 6. The van der Waals surface area contributed by atoms with Crippen LogP contribution < -0.4 is 5.32 Å². The van der Waals surface area contributed by atoms with Gasteiger partial charge in [-0.3, -0.25) is 4.79 Å². The van der Waals surface area contributed by atoms with E-state index < -0.39 is 11.9 Å². The number of nitrogens with zero attached hydrogens (tertiary/aromatic N) is 2. The van der Waals surface area contributed by atoms with Gasteiger partial charge in [-0.05, 0) is 31.2 Å². The third-order valence-electron chi connectivity index (χ3n) is 3.39. The zero-order valence-corrected chi connectivity index (χ0v) is 14.5. The van der Waals surface area contributed by atoms with Gasteiger partial charge in [-0.25, -0.2) is 4.79 Å². The molecule has 0 spiro atoms. The first kappa shape index (κ1) is 17.6. The van der Waals surface area contributed by atoms with Crippen molar-refractivity contribution in [1.82, 2.24) is 10.2 Å². The Bertz CT molecular complexity index is 955. The number of amides is 1. The van der Waals surface area contributed by atoms with Crippen molar-refractivity contribution in [1.29, 1.82) is 0 Å². The molecule has 1 heterocycles.